The molecule has 0 N–H and O–H groups in total. The summed E-state index contributed by atoms with van der Waals surface area (Å²) in [7, 11) is 0. The zero-order valence-corrected chi connectivity index (χ0v) is 19.3. The van der Waals surface area contributed by atoms with Gasteiger partial charge in [-0.15, -0.1) is 0 Å². The molecule has 28 heavy (non-hydrogen) atoms. The molecule has 1 fully saturated rings. The Bertz CT molecular complexity index is 483. The number of urea groups is 1. The standard InChI is InChI=1S/C23H44N2O3/c1-7-24-19-20(26)25(21(24)27)16-12-15-23(5,6)14-9-11-18-28-17-10-8-13-22(2,3)4/h7-19H2,1-6H3. The molecule has 0 bridgehead atoms. The molecular formula is C23H44N2O3. The van der Waals surface area contributed by atoms with Crippen LogP contribution >= 0.6 is 0 Å². The highest BCUT2D eigenvalue weighted by Gasteiger charge is 2.34. The van der Waals surface area contributed by atoms with Crippen molar-refractivity contribution in [2.45, 2.75) is 92.9 Å². The topological polar surface area (TPSA) is 49.9 Å². The highest BCUT2D eigenvalue weighted by atomic mass is 16.5. The van der Waals surface area contributed by atoms with Crippen molar-refractivity contribution in [3.05, 3.63) is 0 Å². The third-order valence-electron chi connectivity index (χ3n) is 5.60. The number of imide groups is 1. The van der Waals surface area contributed by atoms with Crippen LogP contribution in [0.1, 0.15) is 92.9 Å². The van der Waals surface area contributed by atoms with E-state index in [1.165, 1.54) is 24.2 Å². The van der Waals surface area contributed by atoms with Crippen LogP contribution in [0.5, 0.6) is 0 Å². The Labute approximate surface area is 173 Å². The highest BCUT2D eigenvalue weighted by molar-refractivity contribution is 6.01. The van der Waals surface area contributed by atoms with Crippen molar-refractivity contribution in [1.82, 2.24) is 9.80 Å². The lowest BCUT2D eigenvalue weighted by molar-refractivity contribution is -0.125. The molecule has 0 atom stereocenters. The van der Waals surface area contributed by atoms with E-state index in [1.807, 2.05) is 6.92 Å². The maximum absolute atomic E-state index is 12.1. The minimum Gasteiger partial charge on any atom is -0.381 e. The van der Waals surface area contributed by atoms with E-state index in [-0.39, 0.29) is 23.9 Å². The van der Waals surface area contributed by atoms with Gasteiger partial charge >= 0.3 is 6.03 Å². The smallest absolute Gasteiger partial charge is 0.327 e. The van der Waals surface area contributed by atoms with Crippen molar-refractivity contribution < 1.29 is 14.3 Å². The minimum absolute atomic E-state index is 0.0516. The Balaban J connectivity index is 2.07. The number of amides is 3. The molecule has 3 amide bonds. The van der Waals surface area contributed by atoms with Crippen LogP contribution in [0.4, 0.5) is 4.79 Å². The van der Waals surface area contributed by atoms with Gasteiger partial charge in [-0.1, -0.05) is 47.5 Å². The maximum atomic E-state index is 12.1. The van der Waals surface area contributed by atoms with Crippen LogP contribution < -0.4 is 0 Å². The van der Waals surface area contributed by atoms with Gasteiger partial charge < -0.3 is 9.64 Å². The zero-order valence-electron chi connectivity index (χ0n) is 19.3. The average Bonchev–Trinajstić information content (AvgIpc) is 2.86. The van der Waals surface area contributed by atoms with E-state index in [0.717, 1.165) is 45.3 Å². The Morgan fingerprint density at radius 1 is 0.857 bits per heavy atom. The quantitative estimate of drug-likeness (QED) is 0.288. The Morgan fingerprint density at radius 2 is 1.43 bits per heavy atom. The molecule has 0 aromatic heterocycles. The predicted octanol–water partition coefficient (Wildman–Crippen LogP) is 5.48. The summed E-state index contributed by atoms with van der Waals surface area (Å²) >= 11 is 0. The second kappa shape index (κ2) is 11.8. The largest absolute Gasteiger partial charge is 0.381 e. The monoisotopic (exact) mass is 396 g/mol. The van der Waals surface area contributed by atoms with Crippen molar-refractivity contribution in [3.8, 4) is 0 Å². The summed E-state index contributed by atoms with van der Waals surface area (Å²) in [6, 6.07) is -0.120. The van der Waals surface area contributed by atoms with Gasteiger partial charge in [-0.2, -0.15) is 0 Å². The molecule has 0 saturated carbocycles. The number of nitrogens with zero attached hydrogens (tertiary/aromatic N) is 2. The van der Waals surface area contributed by atoms with Crippen LogP contribution in [0, 0.1) is 10.8 Å². The van der Waals surface area contributed by atoms with Crippen LogP contribution in [0.2, 0.25) is 0 Å². The van der Waals surface area contributed by atoms with Crippen molar-refractivity contribution >= 4 is 11.9 Å². The molecule has 5 nitrogen and oxygen atoms in total. The van der Waals surface area contributed by atoms with E-state index in [9.17, 15) is 9.59 Å². The number of likely N-dealkylation sites (N-methyl/N-ethyl adjacent to an activating group) is 1. The number of carbonyl (C=O) groups is 2. The summed E-state index contributed by atoms with van der Waals surface area (Å²) < 4.78 is 5.77. The van der Waals surface area contributed by atoms with E-state index >= 15 is 0 Å². The first-order valence-corrected chi connectivity index (χ1v) is 11.2. The fourth-order valence-corrected chi connectivity index (χ4v) is 3.67. The van der Waals surface area contributed by atoms with Gasteiger partial charge in [0.25, 0.3) is 0 Å². The number of carbonyl (C=O) groups excluding carboxylic acids is 2. The van der Waals surface area contributed by atoms with Crippen molar-refractivity contribution in [3.63, 3.8) is 0 Å². The van der Waals surface area contributed by atoms with Gasteiger partial charge in [0.1, 0.15) is 6.54 Å². The SMILES string of the molecule is CCN1CC(=O)N(CCCC(C)(C)CCCCOCCCCC(C)(C)C)C1=O. The molecule has 0 spiro atoms. The molecule has 5 heteroatoms. The highest BCUT2D eigenvalue weighted by Crippen LogP contribution is 2.29. The van der Waals surface area contributed by atoms with E-state index in [2.05, 4.69) is 34.6 Å². The van der Waals surface area contributed by atoms with Gasteiger partial charge in [0, 0.05) is 26.3 Å². The van der Waals surface area contributed by atoms with E-state index in [4.69, 9.17) is 4.74 Å². The lowest BCUT2D eigenvalue weighted by Crippen LogP contribution is -2.34. The lowest BCUT2D eigenvalue weighted by atomic mass is 9.82. The Hall–Kier alpha value is -1.10. The van der Waals surface area contributed by atoms with Gasteiger partial charge in [-0.05, 0) is 56.3 Å². The van der Waals surface area contributed by atoms with Crippen molar-refractivity contribution in [2.75, 3.05) is 32.8 Å². The van der Waals surface area contributed by atoms with Crippen LogP contribution in [0.25, 0.3) is 0 Å². The molecule has 0 aromatic carbocycles. The first-order valence-electron chi connectivity index (χ1n) is 11.2. The summed E-state index contributed by atoms with van der Waals surface area (Å²) in [4.78, 5) is 27.1. The number of ether oxygens (including phenoxy) is 1. The zero-order chi connectivity index (χ0) is 21.2. The van der Waals surface area contributed by atoms with Gasteiger partial charge in [-0.3, -0.25) is 9.69 Å². The molecule has 164 valence electrons. The van der Waals surface area contributed by atoms with Gasteiger partial charge in [0.15, 0.2) is 0 Å². The second-order valence-electron chi connectivity index (χ2n) is 10.2. The molecule has 1 heterocycles. The number of unbranched alkanes of at least 4 members (excludes halogenated alkanes) is 2. The molecule has 0 aliphatic carbocycles. The van der Waals surface area contributed by atoms with Crippen molar-refractivity contribution in [1.29, 1.82) is 0 Å². The third-order valence-corrected chi connectivity index (χ3v) is 5.60. The first kappa shape index (κ1) is 24.9. The molecule has 0 radical (unpaired) electrons. The second-order valence-corrected chi connectivity index (χ2v) is 10.2. The fourth-order valence-electron chi connectivity index (χ4n) is 3.67. The van der Waals surface area contributed by atoms with E-state index in [1.54, 1.807) is 4.90 Å². The summed E-state index contributed by atoms with van der Waals surface area (Å²) in [5.41, 5.74) is 0.666. The average molecular weight is 397 g/mol. The third kappa shape index (κ3) is 9.90. The van der Waals surface area contributed by atoms with Crippen molar-refractivity contribution in [2.24, 2.45) is 10.8 Å². The summed E-state index contributed by atoms with van der Waals surface area (Å²) in [6.07, 6.45) is 9.01. The summed E-state index contributed by atoms with van der Waals surface area (Å²) in [6.45, 7) is 16.5. The first-order chi connectivity index (χ1) is 13.1. The molecule has 1 rings (SSSR count). The number of hydrogen-bond acceptors (Lipinski definition) is 3. The maximum Gasteiger partial charge on any atom is 0.327 e. The van der Waals surface area contributed by atoms with Crippen LogP contribution in [0.3, 0.4) is 0 Å². The number of hydrogen-bond donors (Lipinski definition) is 0. The molecule has 0 aromatic rings. The van der Waals surface area contributed by atoms with E-state index < -0.39 is 0 Å². The Kier molecular flexibility index (Phi) is 10.5. The lowest BCUT2D eigenvalue weighted by Gasteiger charge is -2.25. The molecule has 1 aliphatic heterocycles. The predicted molar refractivity (Wildman–Crippen MR) is 115 cm³/mol. The normalized spacial score (nSPS) is 15.8. The summed E-state index contributed by atoms with van der Waals surface area (Å²) in [5, 5.41) is 0. The van der Waals surface area contributed by atoms with Gasteiger partial charge in [0.05, 0.1) is 0 Å². The molecule has 1 saturated heterocycles. The van der Waals surface area contributed by atoms with Gasteiger partial charge in [0.2, 0.25) is 5.91 Å². The minimum atomic E-state index is -0.120. The van der Waals surface area contributed by atoms with E-state index in [0.29, 0.717) is 18.5 Å². The van der Waals surface area contributed by atoms with Crippen LogP contribution in [-0.4, -0.2) is 54.6 Å². The van der Waals surface area contributed by atoms with Crippen LogP contribution in [-0.2, 0) is 9.53 Å². The number of rotatable bonds is 14. The molecular weight excluding hydrogens is 352 g/mol. The Morgan fingerprint density at radius 3 is 1.96 bits per heavy atom. The molecule has 0 unspecified atom stereocenters. The van der Waals surface area contributed by atoms with Crippen LogP contribution in [0.15, 0.2) is 0 Å². The fraction of sp³-hybridized carbons (Fsp3) is 0.913. The summed E-state index contributed by atoms with van der Waals surface area (Å²) in [5.74, 6) is -0.0516. The molecule has 1 aliphatic rings. The van der Waals surface area contributed by atoms with Gasteiger partial charge in [-0.25, -0.2) is 4.79 Å².